The maximum Gasteiger partial charge on any atom is 0.342 e. The van der Waals surface area contributed by atoms with Gasteiger partial charge in [-0.15, -0.1) is 0 Å². The Labute approximate surface area is 170 Å². The van der Waals surface area contributed by atoms with Crippen LogP contribution >= 0.6 is 11.3 Å². The zero-order chi connectivity index (χ0) is 20.4. The van der Waals surface area contributed by atoms with Crippen LogP contribution in [0.15, 0.2) is 29.4 Å². The standard InChI is InChI=1S/C17H19N5O5S2/c1-2-27-16(23)12-10-18-20-15(12)29(24,25)21-11-3-4-13-14(9-11)28-17(19-13)22-5-7-26-8-6-22/h3-4,9-10,21H,2,5-8H2,1H3,(H,18,20). The Morgan fingerprint density at radius 2 is 2.17 bits per heavy atom. The SMILES string of the molecule is CCOC(=O)c1cn[nH]c1S(=O)(=O)Nc1ccc2nc(N3CCOCC3)sc2c1. The van der Waals surface area contributed by atoms with Crippen LogP contribution in [0.3, 0.4) is 0 Å². The van der Waals surface area contributed by atoms with Gasteiger partial charge in [0.05, 0.1) is 41.9 Å². The molecule has 3 heterocycles. The molecule has 4 rings (SSSR count). The van der Waals surface area contributed by atoms with E-state index in [1.165, 1.54) is 11.3 Å². The van der Waals surface area contributed by atoms with E-state index in [0.29, 0.717) is 18.9 Å². The maximum absolute atomic E-state index is 12.8. The fraction of sp³-hybridized carbons (Fsp3) is 0.353. The van der Waals surface area contributed by atoms with E-state index in [-0.39, 0.29) is 17.2 Å². The summed E-state index contributed by atoms with van der Waals surface area (Å²) < 4.78 is 39.1. The molecule has 1 fully saturated rings. The van der Waals surface area contributed by atoms with Crippen molar-refractivity contribution in [2.24, 2.45) is 0 Å². The zero-order valence-corrected chi connectivity index (χ0v) is 17.2. The van der Waals surface area contributed by atoms with Gasteiger partial charge in [-0.3, -0.25) is 9.82 Å². The van der Waals surface area contributed by atoms with Crippen LogP contribution in [0, 0.1) is 0 Å². The van der Waals surface area contributed by atoms with Gasteiger partial charge in [-0.25, -0.2) is 9.78 Å². The molecule has 0 saturated carbocycles. The first-order valence-corrected chi connectivity index (χ1v) is 11.2. The molecule has 1 aromatic carbocycles. The van der Waals surface area contributed by atoms with Crippen molar-refractivity contribution in [3.8, 4) is 0 Å². The average Bonchev–Trinajstić information content (AvgIpc) is 3.36. The molecular weight excluding hydrogens is 418 g/mol. The van der Waals surface area contributed by atoms with Gasteiger partial charge in [0.1, 0.15) is 5.56 Å². The number of hydrogen-bond donors (Lipinski definition) is 2. The lowest BCUT2D eigenvalue weighted by atomic mass is 10.3. The third kappa shape index (κ3) is 4.04. The average molecular weight is 438 g/mol. The van der Waals surface area contributed by atoms with Crippen molar-refractivity contribution in [1.29, 1.82) is 0 Å². The lowest BCUT2D eigenvalue weighted by molar-refractivity contribution is 0.0522. The number of sulfonamides is 1. The van der Waals surface area contributed by atoms with Crippen LogP contribution in [0.1, 0.15) is 17.3 Å². The Morgan fingerprint density at radius 3 is 2.93 bits per heavy atom. The number of rotatable bonds is 6. The van der Waals surface area contributed by atoms with Crippen LogP contribution < -0.4 is 9.62 Å². The number of fused-ring (bicyclic) bond motifs is 1. The largest absolute Gasteiger partial charge is 0.462 e. The summed E-state index contributed by atoms with van der Waals surface area (Å²) in [4.78, 5) is 18.7. The number of thiazole rings is 1. The van der Waals surface area contributed by atoms with E-state index >= 15 is 0 Å². The highest BCUT2D eigenvalue weighted by Gasteiger charge is 2.26. The first kappa shape index (κ1) is 19.6. The highest BCUT2D eigenvalue weighted by atomic mass is 32.2. The zero-order valence-electron chi connectivity index (χ0n) is 15.5. The minimum Gasteiger partial charge on any atom is -0.462 e. The van der Waals surface area contributed by atoms with Crippen molar-refractivity contribution in [3.63, 3.8) is 0 Å². The molecule has 2 aromatic heterocycles. The van der Waals surface area contributed by atoms with Gasteiger partial charge in [0, 0.05) is 13.1 Å². The van der Waals surface area contributed by atoms with E-state index in [1.807, 2.05) is 0 Å². The van der Waals surface area contributed by atoms with E-state index in [2.05, 4.69) is 24.8 Å². The molecule has 0 spiro atoms. The van der Waals surface area contributed by atoms with Gasteiger partial charge in [0.25, 0.3) is 10.0 Å². The molecule has 0 unspecified atom stereocenters. The molecular formula is C17H19N5O5S2. The van der Waals surface area contributed by atoms with Gasteiger partial charge in [-0.2, -0.15) is 13.5 Å². The normalized spacial score (nSPS) is 14.9. The molecule has 0 bridgehead atoms. The summed E-state index contributed by atoms with van der Waals surface area (Å²) in [6, 6.07) is 5.10. The van der Waals surface area contributed by atoms with E-state index < -0.39 is 16.0 Å². The molecule has 1 aliphatic rings. The lowest BCUT2D eigenvalue weighted by Crippen LogP contribution is -2.36. The Balaban J connectivity index is 1.59. The molecule has 29 heavy (non-hydrogen) atoms. The fourth-order valence-corrected chi connectivity index (χ4v) is 5.10. The van der Waals surface area contributed by atoms with Crippen LogP contribution in [0.25, 0.3) is 10.2 Å². The summed E-state index contributed by atoms with van der Waals surface area (Å²) in [7, 11) is -4.06. The van der Waals surface area contributed by atoms with Gasteiger partial charge >= 0.3 is 5.97 Å². The molecule has 3 aromatic rings. The monoisotopic (exact) mass is 437 g/mol. The number of nitrogens with one attached hydrogen (secondary N) is 2. The third-order valence-electron chi connectivity index (χ3n) is 4.28. The highest BCUT2D eigenvalue weighted by Crippen LogP contribution is 2.31. The van der Waals surface area contributed by atoms with E-state index in [9.17, 15) is 13.2 Å². The van der Waals surface area contributed by atoms with Crippen LogP contribution in [0.4, 0.5) is 10.8 Å². The molecule has 12 heteroatoms. The number of carbonyl (C=O) groups excluding carboxylic acids is 1. The van der Waals surface area contributed by atoms with Crippen LogP contribution in [0.5, 0.6) is 0 Å². The van der Waals surface area contributed by atoms with Crippen molar-refractivity contribution in [2.75, 3.05) is 42.5 Å². The molecule has 154 valence electrons. The van der Waals surface area contributed by atoms with Gasteiger partial charge in [-0.1, -0.05) is 11.3 Å². The second-order valence-electron chi connectivity index (χ2n) is 6.22. The smallest absolute Gasteiger partial charge is 0.342 e. The molecule has 10 nitrogen and oxygen atoms in total. The first-order valence-electron chi connectivity index (χ1n) is 8.94. The predicted molar refractivity (Wildman–Crippen MR) is 108 cm³/mol. The minimum atomic E-state index is -4.06. The van der Waals surface area contributed by atoms with Crippen molar-refractivity contribution >= 4 is 48.4 Å². The molecule has 0 aliphatic carbocycles. The van der Waals surface area contributed by atoms with Crippen LogP contribution in [0.2, 0.25) is 0 Å². The van der Waals surface area contributed by atoms with Gasteiger partial charge < -0.3 is 14.4 Å². The number of benzene rings is 1. The molecule has 1 saturated heterocycles. The summed E-state index contributed by atoms with van der Waals surface area (Å²) in [6.07, 6.45) is 1.13. The third-order valence-corrected chi connectivity index (χ3v) is 6.71. The first-order chi connectivity index (χ1) is 14.0. The van der Waals surface area contributed by atoms with Gasteiger partial charge in [0.2, 0.25) is 0 Å². The van der Waals surface area contributed by atoms with Crippen LogP contribution in [-0.2, 0) is 19.5 Å². The van der Waals surface area contributed by atoms with E-state index in [1.54, 1.807) is 25.1 Å². The second kappa shape index (κ2) is 7.97. The number of H-pyrrole nitrogens is 1. The van der Waals surface area contributed by atoms with E-state index in [0.717, 1.165) is 34.6 Å². The van der Waals surface area contributed by atoms with Crippen molar-refractivity contribution in [2.45, 2.75) is 11.9 Å². The van der Waals surface area contributed by atoms with Crippen molar-refractivity contribution in [1.82, 2.24) is 15.2 Å². The molecule has 0 amide bonds. The highest BCUT2D eigenvalue weighted by molar-refractivity contribution is 7.92. The number of hydrogen-bond acceptors (Lipinski definition) is 9. The minimum absolute atomic E-state index is 0.129. The topological polar surface area (TPSA) is 127 Å². The molecule has 2 N–H and O–H groups in total. The Bertz CT molecular complexity index is 1130. The Morgan fingerprint density at radius 1 is 1.38 bits per heavy atom. The van der Waals surface area contributed by atoms with Crippen molar-refractivity contribution in [3.05, 3.63) is 30.0 Å². The van der Waals surface area contributed by atoms with Gasteiger partial charge in [0.15, 0.2) is 10.2 Å². The summed E-state index contributed by atoms with van der Waals surface area (Å²) in [5, 5.41) is 6.57. The Kier molecular flexibility index (Phi) is 5.39. The number of esters is 1. The number of nitrogens with zero attached hydrogens (tertiary/aromatic N) is 3. The lowest BCUT2D eigenvalue weighted by Gasteiger charge is -2.25. The number of anilines is 2. The molecule has 0 radical (unpaired) electrons. The summed E-state index contributed by atoms with van der Waals surface area (Å²) in [5.74, 6) is -0.755. The summed E-state index contributed by atoms with van der Waals surface area (Å²) in [6.45, 7) is 4.64. The number of morpholine rings is 1. The Hall–Kier alpha value is -2.70. The quantitative estimate of drug-likeness (QED) is 0.559. The molecule has 1 aliphatic heterocycles. The number of aromatic amines is 1. The van der Waals surface area contributed by atoms with Crippen LogP contribution in [-0.4, -0.2) is 62.5 Å². The number of aromatic nitrogens is 3. The summed E-state index contributed by atoms with van der Waals surface area (Å²) in [5.41, 5.74) is 1.00. The van der Waals surface area contributed by atoms with Gasteiger partial charge in [-0.05, 0) is 25.1 Å². The van der Waals surface area contributed by atoms with E-state index in [4.69, 9.17) is 9.47 Å². The molecule has 0 atom stereocenters. The maximum atomic E-state index is 12.8. The predicted octanol–water partition coefficient (Wildman–Crippen LogP) is 1.83. The number of carbonyl (C=O) groups is 1. The second-order valence-corrected chi connectivity index (χ2v) is 8.85. The summed E-state index contributed by atoms with van der Waals surface area (Å²) >= 11 is 1.49. The van der Waals surface area contributed by atoms with Crippen molar-refractivity contribution < 1.29 is 22.7 Å². The fourth-order valence-electron chi connectivity index (χ4n) is 2.91. The number of ether oxygens (including phenoxy) is 2.